The Morgan fingerprint density at radius 2 is 0.939 bits per heavy atom. The average molecular weight is 555 g/mol. The van der Waals surface area contributed by atoms with E-state index in [-0.39, 0.29) is 47.0 Å². The summed E-state index contributed by atoms with van der Waals surface area (Å²) in [6.07, 6.45) is 6.74. The van der Waals surface area contributed by atoms with E-state index in [2.05, 4.69) is 27.7 Å². The Labute approximate surface area is 217 Å². The fourth-order valence-corrected chi connectivity index (χ4v) is 1.74. The van der Waals surface area contributed by atoms with Crippen LogP contribution in [0.4, 0.5) is 0 Å². The molecule has 0 N–H and O–H groups in total. The van der Waals surface area contributed by atoms with E-state index in [1.54, 1.807) is 48.5 Å². The number of allylic oxidation sites excluding steroid dienone is 2. The summed E-state index contributed by atoms with van der Waals surface area (Å²) in [7, 11) is 0. The molecule has 0 saturated heterocycles. The maximum Gasteiger partial charge on any atom is 4.00 e. The fourth-order valence-electron chi connectivity index (χ4n) is 1.74. The molecule has 33 heavy (non-hydrogen) atoms. The van der Waals surface area contributed by atoms with E-state index in [0.717, 1.165) is 25.0 Å². The molecular formula is C28H36O4Sn. The molecule has 176 valence electrons. The van der Waals surface area contributed by atoms with Gasteiger partial charge in [0.05, 0.1) is 0 Å². The second-order valence-electron chi connectivity index (χ2n) is 6.68. The minimum atomic E-state index is -0.233. The van der Waals surface area contributed by atoms with E-state index < -0.39 is 0 Å². The zero-order chi connectivity index (χ0) is 24.8. The third kappa shape index (κ3) is 22.6. The maximum absolute atomic E-state index is 11.2. The standard InChI is InChI=1S/2C10H10O2.2C4H9.Sn/c2*1-8(11)7-10(12)9-5-3-2-4-6-9;2*1-3-4-2;/h2*2-7,12H,1H3;2*1,3-4H2,2H3;/q;;2*-1;+4/p-2. The molecule has 4 nitrogen and oxygen atoms in total. The number of hydrogen-bond acceptors (Lipinski definition) is 4. The van der Waals surface area contributed by atoms with Crippen LogP contribution < -0.4 is 10.2 Å². The molecule has 0 saturated carbocycles. The quantitative estimate of drug-likeness (QED) is 0.222. The second kappa shape index (κ2) is 24.3. The second-order valence-corrected chi connectivity index (χ2v) is 6.68. The van der Waals surface area contributed by atoms with E-state index in [9.17, 15) is 19.8 Å². The van der Waals surface area contributed by atoms with Gasteiger partial charge in [0.15, 0.2) is 11.6 Å². The molecule has 2 aromatic rings. The van der Waals surface area contributed by atoms with Crippen molar-refractivity contribution in [2.45, 2.75) is 53.4 Å². The number of carbonyl (C=O) groups excluding carboxylic acids is 2. The van der Waals surface area contributed by atoms with Gasteiger partial charge in [-0.3, -0.25) is 9.59 Å². The summed E-state index contributed by atoms with van der Waals surface area (Å²) in [4.78, 5) is 21.1. The Balaban J connectivity index is -0.000000405. The summed E-state index contributed by atoms with van der Waals surface area (Å²) in [6, 6.07) is 17.4. The van der Waals surface area contributed by atoms with Gasteiger partial charge in [0, 0.05) is 0 Å². The molecule has 0 aliphatic heterocycles. The molecule has 0 radical (unpaired) electrons. The largest absolute Gasteiger partial charge is 4.00 e. The van der Waals surface area contributed by atoms with Gasteiger partial charge in [-0.1, -0.05) is 98.9 Å². The van der Waals surface area contributed by atoms with Crippen LogP contribution in [0.1, 0.15) is 64.5 Å². The molecular weight excluding hydrogens is 519 g/mol. The number of hydrogen-bond donors (Lipinski definition) is 0. The first-order valence-electron chi connectivity index (χ1n) is 10.7. The van der Waals surface area contributed by atoms with Gasteiger partial charge in [-0.15, -0.1) is 0 Å². The molecule has 0 spiro atoms. The van der Waals surface area contributed by atoms with Gasteiger partial charge >= 0.3 is 23.9 Å². The SMILES string of the molecule is CC(=O)C=C([O-])c1ccccc1.CC(=O)C=C([O-])c1ccccc1.[CH2-]CCC.[CH2-]CCC.[Sn+4]. The van der Waals surface area contributed by atoms with Gasteiger partial charge < -0.3 is 24.1 Å². The molecule has 0 aliphatic rings. The van der Waals surface area contributed by atoms with Crippen LogP contribution in [0.5, 0.6) is 0 Å². The van der Waals surface area contributed by atoms with Crippen molar-refractivity contribution in [3.05, 3.63) is 97.8 Å². The molecule has 0 fully saturated rings. The van der Waals surface area contributed by atoms with Crippen LogP contribution >= 0.6 is 0 Å². The molecule has 0 heterocycles. The van der Waals surface area contributed by atoms with Gasteiger partial charge in [-0.25, -0.2) is 0 Å². The van der Waals surface area contributed by atoms with Crippen molar-refractivity contribution in [2.24, 2.45) is 0 Å². The van der Waals surface area contributed by atoms with Crippen LogP contribution in [0.25, 0.3) is 11.5 Å². The average Bonchev–Trinajstić information content (AvgIpc) is 2.80. The van der Waals surface area contributed by atoms with Crippen molar-refractivity contribution < 1.29 is 19.8 Å². The van der Waals surface area contributed by atoms with Crippen LogP contribution in [-0.4, -0.2) is 35.5 Å². The molecule has 0 amide bonds. The molecule has 0 aliphatic carbocycles. The van der Waals surface area contributed by atoms with Gasteiger partial charge in [0.2, 0.25) is 0 Å². The summed E-state index contributed by atoms with van der Waals surface area (Å²) in [5.41, 5.74) is 1.10. The van der Waals surface area contributed by atoms with Crippen LogP contribution in [0, 0.1) is 13.8 Å². The van der Waals surface area contributed by atoms with Gasteiger partial charge in [-0.2, -0.15) is 12.8 Å². The van der Waals surface area contributed by atoms with Crippen LogP contribution in [0.2, 0.25) is 0 Å². The number of ketones is 2. The molecule has 2 aromatic carbocycles. The van der Waals surface area contributed by atoms with Crippen molar-refractivity contribution >= 4 is 47.0 Å². The summed E-state index contributed by atoms with van der Waals surface area (Å²) in [6.45, 7) is 14.2. The predicted octanol–water partition coefficient (Wildman–Crippen LogP) is 4.81. The molecule has 2 rings (SSSR count). The number of carbonyl (C=O) groups is 2. The Morgan fingerprint density at radius 1 is 0.697 bits per heavy atom. The topological polar surface area (TPSA) is 80.3 Å². The summed E-state index contributed by atoms with van der Waals surface area (Å²) < 4.78 is 0. The maximum atomic E-state index is 11.2. The minimum absolute atomic E-state index is 0. The van der Waals surface area contributed by atoms with E-state index in [4.69, 9.17) is 0 Å². The van der Waals surface area contributed by atoms with Gasteiger partial charge in [0.25, 0.3) is 0 Å². The van der Waals surface area contributed by atoms with E-state index >= 15 is 0 Å². The first-order valence-corrected chi connectivity index (χ1v) is 10.7. The van der Waals surface area contributed by atoms with E-state index in [0.29, 0.717) is 11.1 Å². The number of unbranched alkanes of at least 4 members (excludes halogenated alkanes) is 2. The van der Waals surface area contributed by atoms with Crippen molar-refractivity contribution in [2.75, 3.05) is 0 Å². The Morgan fingerprint density at radius 3 is 1.12 bits per heavy atom. The van der Waals surface area contributed by atoms with Crippen molar-refractivity contribution in [1.82, 2.24) is 0 Å². The van der Waals surface area contributed by atoms with E-state index in [1.165, 1.54) is 26.7 Å². The summed E-state index contributed by atoms with van der Waals surface area (Å²) in [5, 5.41) is 22.4. The first kappa shape index (κ1) is 35.3. The Bertz CT molecular complexity index is 724. The first-order chi connectivity index (χ1) is 15.2. The van der Waals surface area contributed by atoms with Gasteiger partial charge in [-0.05, 0) is 37.1 Å². The third-order valence-electron chi connectivity index (χ3n) is 3.49. The normalized spacial score (nSPS) is 10.0. The smallest absolute Gasteiger partial charge is 0.872 e. The predicted molar refractivity (Wildman–Crippen MR) is 136 cm³/mol. The summed E-state index contributed by atoms with van der Waals surface area (Å²) in [5.74, 6) is -0.904. The molecule has 0 atom stereocenters. The van der Waals surface area contributed by atoms with E-state index in [1.807, 2.05) is 12.1 Å². The van der Waals surface area contributed by atoms with Crippen molar-refractivity contribution in [3.8, 4) is 0 Å². The Hall–Kier alpha value is -2.34. The summed E-state index contributed by atoms with van der Waals surface area (Å²) >= 11 is 0. The van der Waals surface area contributed by atoms with Gasteiger partial charge in [0.1, 0.15) is 0 Å². The minimum Gasteiger partial charge on any atom is -0.872 e. The monoisotopic (exact) mass is 556 g/mol. The third-order valence-corrected chi connectivity index (χ3v) is 3.49. The zero-order valence-electron chi connectivity index (χ0n) is 20.3. The van der Waals surface area contributed by atoms with Crippen LogP contribution in [0.15, 0.2) is 72.8 Å². The Kier molecular flexibility index (Phi) is 26.0. The van der Waals surface area contributed by atoms with Crippen molar-refractivity contribution in [3.63, 3.8) is 0 Å². The van der Waals surface area contributed by atoms with Crippen LogP contribution in [-0.2, 0) is 9.59 Å². The molecule has 0 unspecified atom stereocenters. The number of benzene rings is 2. The van der Waals surface area contributed by atoms with Crippen molar-refractivity contribution in [1.29, 1.82) is 0 Å². The zero-order valence-corrected chi connectivity index (χ0v) is 23.2. The number of rotatable bonds is 6. The fraction of sp³-hybridized carbons (Fsp3) is 0.286. The van der Waals surface area contributed by atoms with Crippen LogP contribution in [0.3, 0.4) is 0 Å². The molecule has 0 aromatic heterocycles. The molecule has 0 bridgehead atoms. The molecule has 5 heteroatoms.